The Balaban J connectivity index is 1.79. The molecular weight excluding hydrogens is 318 g/mol. The molecule has 2 N–H and O–H groups in total. The number of halogens is 1. The van der Waals surface area contributed by atoms with Gasteiger partial charge in [-0.05, 0) is 37.5 Å². The van der Waals surface area contributed by atoms with Crippen LogP contribution in [0.3, 0.4) is 0 Å². The molecule has 1 aromatic carbocycles. The second-order valence-corrected chi connectivity index (χ2v) is 6.27. The van der Waals surface area contributed by atoms with Crippen LogP contribution in [0.15, 0.2) is 18.2 Å². The van der Waals surface area contributed by atoms with Crippen LogP contribution in [0, 0.1) is 0 Å². The lowest BCUT2D eigenvalue weighted by Gasteiger charge is -2.19. The maximum atomic E-state index is 12.6. The summed E-state index contributed by atoms with van der Waals surface area (Å²) in [4.78, 5) is 37.9. The lowest BCUT2D eigenvalue weighted by atomic mass is 10.1. The molecule has 0 radical (unpaired) electrons. The van der Waals surface area contributed by atoms with Crippen molar-refractivity contribution in [1.82, 2.24) is 10.2 Å². The Bertz CT molecular complexity index is 656. The number of benzene rings is 1. The molecule has 2 fully saturated rings. The molecule has 3 rings (SSSR count). The predicted octanol–water partition coefficient (Wildman–Crippen LogP) is 1.79. The Morgan fingerprint density at radius 3 is 2.65 bits per heavy atom. The predicted molar refractivity (Wildman–Crippen MR) is 86.4 cm³/mol. The molecule has 2 saturated heterocycles. The van der Waals surface area contributed by atoms with E-state index in [0.29, 0.717) is 29.1 Å². The summed E-state index contributed by atoms with van der Waals surface area (Å²) in [7, 11) is 0. The fourth-order valence-corrected chi connectivity index (χ4v) is 3.10. The van der Waals surface area contributed by atoms with Crippen molar-refractivity contribution in [1.29, 1.82) is 0 Å². The van der Waals surface area contributed by atoms with E-state index in [4.69, 9.17) is 11.6 Å². The molecular formula is C16H18ClN3O3. The second-order valence-electron chi connectivity index (χ2n) is 5.84. The number of carbonyl (C=O) groups excluding carboxylic acids is 3. The molecule has 2 aliphatic heterocycles. The quantitative estimate of drug-likeness (QED) is 0.884. The summed E-state index contributed by atoms with van der Waals surface area (Å²) in [5.41, 5.74) is 0.814. The third-order valence-electron chi connectivity index (χ3n) is 4.17. The Morgan fingerprint density at radius 2 is 2.00 bits per heavy atom. The van der Waals surface area contributed by atoms with Crippen molar-refractivity contribution < 1.29 is 14.4 Å². The smallest absolute Gasteiger partial charge is 0.256 e. The first-order chi connectivity index (χ1) is 11.0. The molecule has 6 nitrogen and oxygen atoms in total. The first-order valence-electron chi connectivity index (χ1n) is 7.73. The van der Waals surface area contributed by atoms with Gasteiger partial charge >= 0.3 is 0 Å². The van der Waals surface area contributed by atoms with E-state index in [1.54, 1.807) is 23.1 Å². The first kappa shape index (κ1) is 15.8. The number of anilines is 1. The van der Waals surface area contributed by atoms with Crippen molar-refractivity contribution in [2.75, 3.05) is 18.4 Å². The van der Waals surface area contributed by atoms with Crippen LogP contribution in [0.4, 0.5) is 5.69 Å². The van der Waals surface area contributed by atoms with Crippen LogP contribution in [0.2, 0.25) is 5.02 Å². The van der Waals surface area contributed by atoms with Gasteiger partial charge in [-0.25, -0.2) is 0 Å². The highest BCUT2D eigenvalue weighted by Crippen LogP contribution is 2.24. The van der Waals surface area contributed by atoms with E-state index >= 15 is 0 Å². The minimum Gasteiger partial charge on any atom is -0.344 e. The van der Waals surface area contributed by atoms with Gasteiger partial charge in [-0.1, -0.05) is 11.6 Å². The molecule has 122 valence electrons. The van der Waals surface area contributed by atoms with E-state index in [1.807, 2.05) is 0 Å². The second kappa shape index (κ2) is 6.58. The molecule has 1 aromatic rings. The van der Waals surface area contributed by atoms with Gasteiger partial charge in [0.1, 0.15) is 6.04 Å². The standard InChI is InChI=1S/C16H18ClN3O3/c17-10-3-4-12(19-15(22)13-5-6-14(21)18-13)11(9-10)16(23)20-7-1-2-8-20/h3-4,9,13H,1-2,5-8H2,(H,18,21)(H,19,22)/t13-/m1/s1. The molecule has 1 atom stereocenters. The SMILES string of the molecule is O=C1CC[C@H](C(=O)Nc2ccc(Cl)cc2C(=O)N2CCCC2)N1. The highest BCUT2D eigenvalue weighted by atomic mass is 35.5. The third kappa shape index (κ3) is 3.47. The van der Waals surface area contributed by atoms with Gasteiger partial charge < -0.3 is 15.5 Å². The average molecular weight is 336 g/mol. The van der Waals surface area contributed by atoms with E-state index in [0.717, 1.165) is 25.9 Å². The summed E-state index contributed by atoms with van der Waals surface area (Å²) in [6.07, 6.45) is 2.79. The number of nitrogens with zero attached hydrogens (tertiary/aromatic N) is 1. The first-order valence-corrected chi connectivity index (χ1v) is 8.11. The summed E-state index contributed by atoms with van der Waals surface area (Å²) in [6, 6.07) is 4.28. The molecule has 0 saturated carbocycles. The fraction of sp³-hybridized carbons (Fsp3) is 0.438. The van der Waals surface area contributed by atoms with Crippen molar-refractivity contribution in [2.45, 2.75) is 31.7 Å². The number of rotatable bonds is 3. The van der Waals surface area contributed by atoms with Crippen molar-refractivity contribution in [2.24, 2.45) is 0 Å². The van der Waals surface area contributed by atoms with Gasteiger partial charge in [-0.15, -0.1) is 0 Å². The molecule has 7 heteroatoms. The minimum absolute atomic E-state index is 0.129. The zero-order valence-corrected chi connectivity index (χ0v) is 13.4. The summed E-state index contributed by atoms with van der Waals surface area (Å²) in [5, 5.41) is 5.81. The Morgan fingerprint density at radius 1 is 1.26 bits per heavy atom. The summed E-state index contributed by atoms with van der Waals surface area (Å²) >= 11 is 6.01. The highest BCUT2D eigenvalue weighted by Gasteiger charge is 2.29. The van der Waals surface area contributed by atoms with Crippen molar-refractivity contribution in [3.8, 4) is 0 Å². The lowest BCUT2D eigenvalue weighted by Crippen LogP contribution is -2.38. The van der Waals surface area contributed by atoms with Gasteiger partial charge in [-0.3, -0.25) is 14.4 Å². The number of hydrogen-bond donors (Lipinski definition) is 2. The molecule has 0 bridgehead atoms. The molecule has 3 amide bonds. The maximum Gasteiger partial charge on any atom is 0.256 e. The molecule has 0 unspecified atom stereocenters. The monoisotopic (exact) mass is 335 g/mol. The summed E-state index contributed by atoms with van der Waals surface area (Å²) in [6.45, 7) is 1.44. The Hall–Kier alpha value is -2.08. The number of nitrogens with one attached hydrogen (secondary N) is 2. The number of likely N-dealkylation sites (tertiary alicyclic amines) is 1. The number of amides is 3. The topological polar surface area (TPSA) is 78.5 Å². The largest absolute Gasteiger partial charge is 0.344 e. The summed E-state index contributed by atoms with van der Waals surface area (Å²) < 4.78 is 0. The van der Waals surface area contributed by atoms with E-state index in [1.165, 1.54) is 0 Å². The van der Waals surface area contributed by atoms with Crippen LogP contribution in [0.1, 0.15) is 36.0 Å². The lowest BCUT2D eigenvalue weighted by molar-refractivity contribution is -0.122. The van der Waals surface area contributed by atoms with Crippen molar-refractivity contribution in [3.63, 3.8) is 0 Å². The van der Waals surface area contributed by atoms with Gasteiger partial charge in [0.2, 0.25) is 11.8 Å². The summed E-state index contributed by atoms with van der Waals surface area (Å²) in [5.74, 6) is -0.570. The maximum absolute atomic E-state index is 12.6. The zero-order chi connectivity index (χ0) is 16.4. The van der Waals surface area contributed by atoms with Crippen molar-refractivity contribution in [3.05, 3.63) is 28.8 Å². The van der Waals surface area contributed by atoms with Crippen molar-refractivity contribution >= 4 is 35.0 Å². The van der Waals surface area contributed by atoms with Gasteiger partial charge in [0.15, 0.2) is 0 Å². The van der Waals surface area contributed by atoms with Crippen LogP contribution in [-0.2, 0) is 9.59 Å². The molecule has 2 aliphatic rings. The van der Waals surface area contributed by atoms with E-state index < -0.39 is 6.04 Å². The van der Waals surface area contributed by atoms with Crippen LogP contribution in [-0.4, -0.2) is 41.8 Å². The Kier molecular flexibility index (Phi) is 4.52. The molecule has 0 spiro atoms. The van der Waals surface area contributed by atoms with Crippen LogP contribution >= 0.6 is 11.6 Å². The van der Waals surface area contributed by atoms with Gasteiger partial charge in [0.05, 0.1) is 11.3 Å². The van der Waals surface area contributed by atoms with E-state index in [2.05, 4.69) is 10.6 Å². The van der Waals surface area contributed by atoms with Gasteiger partial charge in [-0.2, -0.15) is 0 Å². The highest BCUT2D eigenvalue weighted by molar-refractivity contribution is 6.31. The molecule has 0 aliphatic carbocycles. The number of hydrogen-bond acceptors (Lipinski definition) is 3. The normalized spacial score (nSPS) is 20.5. The fourth-order valence-electron chi connectivity index (χ4n) is 2.92. The average Bonchev–Trinajstić information content (AvgIpc) is 3.19. The van der Waals surface area contributed by atoms with E-state index in [9.17, 15) is 14.4 Å². The zero-order valence-electron chi connectivity index (χ0n) is 12.6. The molecule has 2 heterocycles. The Labute approximate surface area is 139 Å². The number of carbonyl (C=O) groups is 3. The van der Waals surface area contributed by atoms with Gasteiger partial charge in [0.25, 0.3) is 5.91 Å². The van der Waals surface area contributed by atoms with Gasteiger partial charge in [0, 0.05) is 24.5 Å². The molecule has 0 aromatic heterocycles. The third-order valence-corrected chi connectivity index (χ3v) is 4.41. The van der Waals surface area contributed by atoms with Crippen LogP contribution in [0.5, 0.6) is 0 Å². The van der Waals surface area contributed by atoms with Crippen LogP contribution in [0.25, 0.3) is 0 Å². The van der Waals surface area contributed by atoms with E-state index in [-0.39, 0.29) is 17.7 Å². The minimum atomic E-state index is -0.548. The molecule has 23 heavy (non-hydrogen) atoms. The van der Waals surface area contributed by atoms with Crippen LogP contribution < -0.4 is 10.6 Å².